The number of carbonyl (C=O) groups is 1. The van der Waals surface area contributed by atoms with Gasteiger partial charge in [-0.1, -0.05) is 24.8 Å². The maximum Gasteiger partial charge on any atom is 0.233 e. The van der Waals surface area contributed by atoms with Crippen molar-refractivity contribution < 1.29 is 9.53 Å². The summed E-state index contributed by atoms with van der Waals surface area (Å²) in [6.07, 6.45) is 1.10. The summed E-state index contributed by atoms with van der Waals surface area (Å²) in [5.41, 5.74) is 0. The van der Waals surface area contributed by atoms with Gasteiger partial charge in [-0.2, -0.15) is 0 Å². The first kappa shape index (κ1) is 15.5. The third-order valence-corrected chi connectivity index (χ3v) is 5.20. The van der Waals surface area contributed by atoms with Gasteiger partial charge in [0.2, 0.25) is 11.1 Å². The van der Waals surface area contributed by atoms with E-state index in [2.05, 4.69) is 22.1 Å². The number of nitrogens with one attached hydrogen (secondary N) is 1. The highest BCUT2D eigenvalue weighted by Gasteiger charge is 2.23. The molecule has 0 saturated carbocycles. The summed E-state index contributed by atoms with van der Waals surface area (Å²) in [6.45, 7) is 4.06. The largest absolute Gasteiger partial charge is 0.375 e. The van der Waals surface area contributed by atoms with Crippen molar-refractivity contribution in [2.45, 2.75) is 24.6 Å². The normalized spacial score (nSPS) is 18.6. The number of thiophene rings is 1. The van der Waals surface area contributed by atoms with Crippen LogP contribution in [0, 0.1) is 0 Å². The number of amides is 1. The summed E-state index contributed by atoms with van der Waals surface area (Å²) in [5.74, 6) is 1.23. The Hall–Kier alpha value is -1.38. The number of H-pyrrole nitrogens is 1. The number of aromatic amines is 1. The Kier molecular flexibility index (Phi) is 5.12. The molecule has 1 aliphatic rings. The lowest BCUT2D eigenvalue weighted by molar-refractivity contribution is -0.135. The van der Waals surface area contributed by atoms with Crippen molar-refractivity contribution in [3.8, 4) is 10.7 Å². The summed E-state index contributed by atoms with van der Waals surface area (Å²) in [5, 5.41) is 9.67. The Morgan fingerprint density at radius 2 is 2.55 bits per heavy atom. The number of carbonyl (C=O) groups excluding carboxylic acids is 1. The van der Waals surface area contributed by atoms with E-state index in [4.69, 9.17) is 4.74 Å². The van der Waals surface area contributed by atoms with E-state index in [1.165, 1.54) is 11.8 Å². The highest BCUT2D eigenvalue weighted by molar-refractivity contribution is 7.99. The number of ether oxygens (including phenoxy) is 1. The highest BCUT2D eigenvalue weighted by atomic mass is 32.2. The van der Waals surface area contributed by atoms with Crippen molar-refractivity contribution in [2.24, 2.45) is 0 Å². The molecule has 118 valence electrons. The van der Waals surface area contributed by atoms with E-state index in [-0.39, 0.29) is 12.0 Å². The Balaban J connectivity index is 1.53. The number of hydrogen-bond donors (Lipinski definition) is 1. The number of nitrogens with zero attached hydrogens (tertiary/aromatic N) is 3. The topological polar surface area (TPSA) is 71.1 Å². The minimum absolute atomic E-state index is 0.120. The van der Waals surface area contributed by atoms with Gasteiger partial charge in [-0.25, -0.2) is 4.98 Å². The summed E-state index contributed by atoms with van der Waals surface area (Å²) in [6, 6.07) is 3.96. The Labute approximate surface area is 137 Å². The molecule has 6 nitrogen and oxygen atoms in total. The monoisotopic (exact) mass is 338 g/mol. The third-order valence-electron chi connectivity index (χ3n) is 3.49. The smallest absolute Gasteiger partial charge is 0.233 e. The summed E-state index contributed by atoms with van der Waals surface area (Å²) >= 11 is 2.98. The van der Waals surface area contributed by atoms with E-state index in [1.807, 2.05) is 22.4 Å². The molecule has 22 heavy (non-hydrogen) atoms. The van der Waals surface area contributed by atoms with Crippen molar-refractivity contribution in [3.05, 3.63) is 17.5 Å². The first-order valence-electron chi connectivity index (χ1n) is 7.24. The quantitative estimate of drug-likeness (QED) is 0.847. The lowest BCUT2D eigenvalue weighted by atomic mass is 10.2. The molecule has 1 unspecified atom stereocenters. The van der Waals surface area contributed by atoms with Gasteiger partial charge in [-0.15, -0.1) is 16.4 Å². The molecule has 2 aromatic rings. The highest BCUT2D eigenvalue weighted by Crippen LogP contribution is 2.23. The zero-order valence-corrected chi connectivity index (χ0v) is 14.0. The van der Waals surface area contributed by atoms with Crippen LogP contribution in [0.25, 0.3) is 10.7 Å². The van der Waals surface area contributed by atoms with Crippen LogP contribution in [0.5, 0.6) is 0 Å². The first-order valence-corrected chi connectivity index (χ1v) is 9.11. The van der Waals surface area contributed by atoms with Crippen LogP contribution in [-0.2, 0) is 9.53 Å². The molecule has 0 radical (unpaired) electrons. The van der Waals surface area contributed by atoms with Crippen LogP contribution in [0.4, 0.5) is 0 Å². The van der Waals surface area contributed by atoms with Gasteiger partial charge in [-0.3, -0.25) is 9.89 Å². The van der Waals surface area contributed by atoms with Gasteiger partial charge in [0.25, 0.3) is 0 Å². The molecule has 1 saturated heterocycles. The molecule has 2 aromatic heterocycles. The van der Waals surface area contributed by atoms with Gasteiger partial charge in [0.15, 0.2) is 5.82 Å². The van der Waals surface area contributed by atoms with Crippen LogP contribution < -0.4 is 0 Å². The number of aromatic nitrogens is 3. The molecular weight excluding hydrogens is 320 g/mol. The van der Waals surface area contributed by atoms with E-state index >= 15 is 0 Å². The average Bonchev–Trinajstić information content (AvgIpc) is 3.23. The van der Waals surface area contributed by atoms with Crippen molar-refractivity contribution in [1.82, 2.24) is 20.1 Å². The minimum Gasteiger partial charge on any atom is -0.375 e. The van der Waals surface area contributed by atoms with Crippen LogP contribution in [0.3, 0.4) is 0 Å². The fourth-order valence-corrected chi connectivity index (χ4v) is 3.61. The molecular formula is C14H18N4O2S2. The zero-order chi connectivity index (χ0) is 15.4. The molecule has 0 aromatic carbocycles. The molecule has 0 bridgehead atoms. The second-order valence-electron chi connectivity index (χ2n) is 4.97. The van der Waals surface area contributed by atoms with Crippen LogP contribution >= 0.6 is 23.1 Å². The molecule has 3 rings (SSSR count). The standard InChI is InChI=1S/C14H18N4O2S2/c1-2-10-8-18(5-6-20-10)12(19)9-22-14-15-13(16-17-14)11-4-3-7-21-11/h3-4,7,10H,2,5-6,8-9H2,1H3,(H,15,16,17). The lowest BCUT2D eigenvalue weighted by Crippen LogP contribution is -2.46. The molecule has 1 fully saturated rings. The van der Waals surface area contributed by atoms with E-state index < -0.39 is 0 Å². The van der Waals surface area contributed by atoms with Crippen LogP contribution in [-0.4, -0.2) is 57.5 Å². The summed E-state index contributed by atoms with van der Waals surface area (Å²) in [4.78, 5) is 19.6. The van der Waals surface area contributed by atoms with Crippen molar-refractivity contribution in [1.29, 1.82) is 0 Å². The molecule has 8 heteroatoms. The van der Waals surface area contributed by atoms with Gasteiger partial charge < -0.3 is 9.64 Å². The van der Waals surface area contributed by atoms with E-state index in [1.54, 1.807) is 11.3 Å². The molecule has 1 N–H and O–H groups in total. The third kappa shape index (κ3) is 3.68. The van der Waals surface area contributed by atoms with E-state index in [0.29, 0.717) is 30.6 Å². The maximum atomic E-state index is 12.3. The van der Waals surface area contributed by atoms with Crippen LogP contribution in [0.1, 0.15) is 13.3 Å². The Morgan fingerprint density at radius 1 is 1.64 bits per heavy atom. The number of morpholine rings is 1. The SMILES string of the molecule is CCC1CN(C(=O)CSc2n[nH]c(-c3cccs3)n2)CCO1. The molecule has 0 spiro atoms. The van der Waals surface area contributed by atoms with Gasteiger partial charge in [0.1, 0.15) is 0 Å². The summed E-state index contributed by atoms with van der Waals surface area (Å²) < 4.78 is 5.59. The fraction of sp³-hybridized carbons (Fsp3) is 0.500. The molecule has 0 aliphatic carbocycles. The fourth-order valence-electron chi connectivity index (χ4n) is 2.24. The predicted molar refractivity (Wildman–Crippen MR) is 87.0 cm³/mol. The number of rotatable bonds is 5. The van der Waals surface area contributed by atoms with Gasteiger partial charge in [0, 0.05) is 13.1 Å². The van der Waals surface area contributed by atoms with Crippen LogP contribution in [0.2, 0.25) is 0 Å². The van der Waals surface area contributed by atoms with Crippen molar-refractivity contribution >= 4 is 29.0 Å². The minimum atomic E-state index is 0.120. The van der Waals surface area contributed by atoms with E-state index in [0.717, 1.165) is 17.1 Å². The average molecular weight is 338 g/mol. The van der Waals surface area contributed by atoms with Crippen LogP contribution in [0.15, 0.2) is 22.7 Å². The second-order valence-corrected chi connectivity index (χ2v) is 6.86. The summed E-state index contributed by atoms with van der Waals surface area (Å²) in [7, 11) is 0. The van der Waals surface area contributed by atoms with Gasteiger partial charge >= 0.3 is 0 Å². The molecule has 1 amide bonds. The van der Waals surface area contributed by atoms with Crippen molar-refractivity contribution in [3.63, 3.8) is 0 Å². The first-order chi connectivity index (χ1) is 10.8. The molecule has 1 aliphatic heterocycles. The van der Waals surface area contributed by atoms with Crippen molar-refractivity contribution in [2.75, 3.05) is 25.4 Å². The Morgan fingerprint density at radius 3 is 3.32 bits per heavy atom. The molecule has 1 atom stereocenters. The van der Waals surface area contributed by atoms with E-state index in [9.17, 15) is 4.79 Å². The van der Waals surface area contributed by atoms with Gasteiger partial charge in [0.05, 0.1) is 23.3 Å². The number of hydrogen-bond acceptors (Lipinski definition) is 6. The Bertz CT molecular complexity index is 614. The maximum absolute atomic E-state index is 12.3. The second kappa shape index (κ2) is 7.26. The zero-order valence-electron chi connectivity index (χ0n) is 12.3. The number of thioether (sulfide) groups is 1. The molecule has 3 heterocycles. The van der Waals surface area contributed by atoms with Gasteiger partial charge in [-0.05, 0) is 17.9 Å². The predicted octanol–water partition coefficient (Wildman–Crippen LogP) is 2.26. The lowest BCUT2D eigenvalue weighted by Gasteiger charge is -2.32.